The quantitative estimate of drug-likeness (QED) is 0.503. The van der Waals surface area contributed by atoms with E-state index in [0.29, 0.717) is 6.54 Å². The van der Waals surface area contributed by atoms with Gasteiger partial charge in [0.05, 0.1) is 18.9 Å². The number of carbonyl (C=O) groups excluding carboxylic acids is 1. The molecule has 1 aliphatic heterocycles. The molecule has 1 aliphatic rings. The maximum absolute atomic E-state index is 10.7. The second-order valence-electron chi connectivity index (χ2n) is 2.78. The topological polar surface area (TPSA) is 90.8 Å². The highest BCUT2D eigenvalue weighted by Gasteiger charge is 2.29. The van der Waals surface area contributed by atoms with Crippen molar-refractivity contribution in [1.82, 2.24) is 10.6 Å². The molecule has 13 heavy (non-hydrogen) atoms. The molecule has 6 heteroatoms. The number of aliphatic carboxylic acids is 1. The summed E-state index contributed by atoms with van der Waals surface area (Å²) in [5, 5.41) is 13.9. The zero-order valence-corrected chi connectivity index (χ0v) is 7.15. The molecule has 0 spiro atoms. The van der Waals surface area contributed by atoms with Gasteiger partial charge in [0.2, 0.25) is 5.91 Å². The molecule has 1 amide bonds. The molecule has 0 aromatic rings. The lowest BCUT2D eigenvalue weighted by Crippen LogP contribution is -2.53. The second kappa shape index (κ2) is 3.88. The van der Waals surface area contributed by atoms with Crippen molar-refractivity contribution in [3.63, 3.8) is 0 Å². The van der Waals surface area contributed by atoms with Crippen molar-refractivity contribution >= 4 is 18.2 Å². The van der Waals surface area contributed by atoms with Gasteiger partial charge in [-0.05, 0) is 0 Å². The van der Waals surface area contributed by atoms with Crippen molar-refractivity contribution in [2.24, 2.45) is 4.99 Å². The molecule has 0 aromatic heterocycles. The third-order valence-corrected chi connectivity index (χ3v) is 1.71. The van der Waals surface area contributed by atoms with Crippen molar-refractivity contribution in [1.29, 1.82) is 0 Å². The first kappa shape index (κ1) is 9.50. The Kier molecular flexibility index (Phi) is 2.84. The second-order valence-corrected chi connectivity index (χ2v) is 2.78. The van der Waals surface area contributed by atoms with Crippen LogP contribution in [0.1, 0.15) is 6.92 Å². The number of amides is 1. The fraction of sp³-hybridized carbons (Fsp3) is 0.571. The average Bonchev–Trinajstić information content (AvgIpc) is 2.50. The minimum Gasteiger partial charge on any atom is -0.480 e. The van der Waals surface area contributed by atoms with Gasteiger partial charge in [-0.1, -0.05) is 0 Å². The largest absolute Gasteiger partial charge is 0.480 e. The van der Waals surface area contributed by atoms with E-state index in [1.807, 2.05) is 0 Å². The molecule has 3 N–H and O–H groups in total. The molecule has 72 valence electrons. The van der Waals surface area contributed by atoms with Crippen LogP contribution in [0.3, 0.4) is 0 Å². The molecule has 1 heterocycles. The summed E-state index contributed by atoms with van der Waals surface area (Å²) in [5.41, 5.74) is 0. The normalized spacial score (nSPS) is 22.1. The van der Waals surface area contributed by atoms with Crippen LogP contribution in [0.25, 0.3) is 0 Å². The molecule has 0 saturated carbocycles. The Bertz CT molecular complexity index is 243. The fourth-order valence-corrected chi connectivity index (χ4v) is 1.12. The summed E-state index contributed by atoms with van der Waals surface area (Å²) < 4.78 is 0. The molecule has 0 aliphatic carbocycles. The van der Waals surface area contributed by atoms with E-state index in [2.05, 4.69) is 15.6 Å². The first-order valence-corrected chi connectivity index (χ1v) is 3.85. The van der Waals surface area contributed by atoms with Crippen LogP contribution in [0.4, 0.5) is 0 Å². The lowest BCUT2D eigenvalue weighted by molar-refractivity contribution is -0.142. The monoisotopic (exact) mass is 185 g/mol. The van der Waals surface area contributed by atoms with E-state index in [4.69, 9.17) is 5.11 Å². The number of hydrogen-bond acceptors (Lipinski definition) is 4. The molecular formula is C7H11N3O3. The number of carboxylic acids is 1. The molecule has 6 nitrogen and oxygen atoms in total. The number of rotatable bonds is 3. The number of nitrogens with one attached hydrogen (secondary N) is 2. The number of nitrogens with zero attached hydrogens (tertiary/aromatic N) is 1. The zero-order chi connectivity index (χ0) is 9.84. The van der Waals surface area contributed by atoms with Crippen molar-refractivity contribution < 1.29 is 14.7 Å². The highest BCUT2D eigenvalue weighted by molar-refractivity contribution is 5.83. The summed E-state index contributed by atoms with van der Waals surface area (Å²) in [6.07, 6.45) is 1.45. The Balaban J connectivity index is 2.56. The first-order valence-electron chi connectivity index (χ1n) is 3.85. The van der Waals surface area contributed by atoms with Crippen molar-refractivity contribution in [3.05, 3.63) is 0 Å². The van der Waals surface area contributed by atoms with Gasteiger partial charge in [0, 0.05) is 6.92 Å². The van der Waals surface area contributed by atoms with Gasteiger partial charge in [-0.25, -0.2) is 4.79 Å². The van der Waals surface area contributed by atoms with Crippen LogP contribution >= 0.6 is 0 Å². The maximum Gasteiger partial charge on any atom is 0.328 e. The lowest BCUT2D eigenvalue weighted by Gasteiger charge is -2.19. The Morgan fingerprint density at radius 1 is 1.77 bits per heavy atom. The molecule has 2 unspecified atom stereocenters. The summed E-state index contributed by atoms with van der Waals surface area (Å²) in [6, 6.07) is -1.26. The Hall–Kier alpha value is -1.59. The Morgan fingerprint density at radius 3 is 2.85 bits per heavy atom. The van der Waals surface area contributed by atoms with Crippen LogP contribution < -0.4 is 10.6 Å². The molecule has 0 saturated heterocycles. The van der Waals surface area contributed by atoms with Crippen molar-refractivity contribution in [2.45, 2.75) is 19.0 Å². The summed E-state index contributed by atoms with van der Waals surface area (Å²) in [7, 11) is 0. The van der Waals surface area contributed by atoms with E-state index in [1.54, 1.807) is 0 Å². The highest BCUT2D eigenvalue weighted by Crippen LogP contribution is 1.99. The third kappa shape index (κ3) is 2.43. The summed E-state index contributed by atoms with van der Waals surface area (Å²) in [6.45, 7) is 1.66. The van der Waals surface area contributed by atoms with E-state index >= 15 is 0 Å². The van der Waals surface area contributed by atoms with E-state index in [9.17, 15) is 9.59 Å². The summed E-state index contributed by atoms with van der Waals surface area (Å²) in [4.78, 5) is 25.2. The van der Waals surface area contributed by atoms with Crippen molar-refractivity contribution in [3.8, 4) is 0 Å². The molecule has 1 rings (SSSR count). The third-order valence-electron chi connectivity index (χ3n) is 1.71. The van der Waals surface area contributed by atoms with Crippen LogP contribution in [-0.2, 0) is 9.59 Å². The SMILES string of the molecule is CC(=O)NC(C(=O)O)C1CN=CN1. The molecule has 2 atom stereocenters. The van der Waals surface area contributed by atoms with Crippen LogP contribution in [0.2, 0.25) is 0 Å². The van der Waals surface area contributed by atoms with Gasteiger partial charge >= 0.3 is 5.97 Å². The van der Waals surface area contributed by atoms with Gasteiger partial charge in [0.25, 0.3) is 0 Å². The molecular weight excluding hydrogens is 174 g/mol. The van der Waals surface area contributed by atoms with Gasteiger partial charge < -0.3 is 15.7 Å². The van der Waals surface area contributed by atoms with E-state index < -0.39 is 12.0 Å². The molecule has 0 fully saturated rings. The first-order chi connectivity index (χ1) is 6.11. The zero-order valence-electron chi connectivity index (χ0n) is 7.15. The minimum absolute atomic E-state index is 0.346. The van der Waals surface area contributed by atoms with E-state index in [-0.39, 0.29) is 11.9 Å². The fourth-order valence-electron chi connectivity index (χ4n) is 1.12. The van der Waals surface area contributed by atoms with E-state index in [0.717, 1.165) is 0 Å². The lowest BCUT2D eigenvalue weighted by atomic mass is 10.1. The van der Waals surface area contributed by atoms with Gasteiger partial charge in [-0.15, -0.1) is 0 Å². The van der Waals surface area contributed by atoms with Gasteiger partial charge in [-0.3, -0.25) is 9.79 Å². The predicted octanol–water partition coefficient (Wildman–Crippen LogP) is -1.42. The summed E-state index contributed by atoms with van der Waals surface area (Å²) >= 11 is 0. The predicted molar refractivity (Wildman–Crippen MR) is 45.5 cm³/mol. The number of carboxylic acid groups (broad SMARTS) is 1. The number of carbonyl (C=O) groups is 2. The van der Waals surface area contributed by atoms with Gasteiger partial charge in [0.1, 0.15) is 6.04 Å². The standard InChI is InChI=1S/C7H11N3O3/c1-4(11)10-6(7(12)13)5-2-8-3-9-5/h3,5-6H,2H2,1H3,(H,8,9)(H,10,11)(H,12,13). The Morgan fingerprint density at radius 2 is 2.46 bits per heavy atom. The molecule has 0 radical (unpaired) electrons. The number of hydrogen-bond donors (Lipinski definition) is 3. The average molecular weight is 185 g/mol. The van der Waals surface area contributed by atoms with Crippen LogP contribution in [0.5, 0.6) is 0 Å². The van der Waals surface area contributed by atoms with Crippen LogP contribution in [0, 0.1) is 0 Å². The van der Waals surface area contributed by atoms with E-state index in [1.165, 1.54) is 13.3 Å². The van der Waals surface area contributed by atoms with Crippen LogP contribution in [0.15, 0.2) is 4.99 Å². The maximum atomic E-state index is 10.7. The molecule has 0 aromatic carbocycles. The van der Waals surface area contributed by atoms with Crippen LogP contribution in [-0.4, -0.2) is 41.9 Å². The Labute approximate surface area is 75.0 Å². The smallest absolute Gasteiger partial charge is 0.328 e. The number of aliphatic imine (C=N–C) groups is 1. The summed E-state index contributed by atoms with van der Waals surface area (Å²) in [5.74, 6) is -1.42. The highest BCUT2D eigenvalue weighted by atomic mass is 16.4. The minimum atomic E-state index is -1.06. The molecule has 0 bridgehead atoms. The van der Waals surface area contributed by atoms with Gasteiger partial charge in [0.15, 0.2) is 0 Å². The van der Waals surface area contributed by atoms with Crippen molar-refractivity contribution in [2.75, 3.05) is 6.54 Å². The van der Waals surface area contributed by atoms with Gasteiger partial charge in [-0.2, -0.15) is 0 Å².